The van der Waals surface area contributed by atoms with E-state index < -0.39 is 5.60 Å². The molecule has 0 saturated heterocycles. The van der Waals surface area contributed by atoms with Gasteiger partial charge in [0, 0.05) is 18.3 Å². The number of carbonyl (C=O) groups excluding carboxylic acids is 1. The van der Waals surface area contributed by atoms with Gasteiger partial charge in [-0.3, -0.25) is 4.79 Å². The molecule has 0 radical (unpaired) electrons. The summed E-state index contributed by atoms with van der Waals surface area (Å²) in [7, 11) is 0. The van der Waals surface area contributed by atoms with Crippen molar-refractivity contribution in [3.63, 3.8) is 0 Å². The Labute approximate surface area is 107 Å². The van der Waals surface area contributed by atoms with Crippen LogP contribution in [0.1, 0.15) is 18.4 Å². The van der Waals surface area contributed by atoms with Gasteiger partial charge in [-0.2, -0.15) is 0 Å². The molecule has 0 aliphatic heterocycles. The molecule has 1 aliphatic carbocycles. The molecule has 18 heavy (non-hydrogen) atoms. The predicted molar refractivity (Wildman–Crippen MR) is 70.9 cm³/mol. The van der Waals surface area contributed by atoms with E-state index in [1.165, 1.54) is 6.08 Å². The van der Waals surface area contributed by atoms with Crippen LogP contribution in [0.3, 0.4) is 0 Å². The first-order valence-electron chi connectivity index (χ1n) is 6.11. The van der Waals surface area contributed by atoms with Crippen LogP contribution in [-0.2, 0) is 11.2 Å². The van der Waals surface area contributed by atoms with Gasteiger partial charge in [0.25, 0.3) is 0 Å². The lowest BCUT2D eigenvalue weighted by Gasteiger charge is -2.04. The van der Waals surface area contributed by atoms with Crippen molar-refractivity contribution in [2.24, 2.45) is 0 Å². The zero-order chi connectivity index (χ0) is 13.0. The van der Waals surface area contributed by atoms with E-state index in [2.05, 4.69) is 5.32 Å². The molecule has 0 bridgehead atoms. The fraction of sp³-hybridized carbons (Fsp3) is 0.357. The third kappa shape index (κ3) is 3.89. The second-order valence-electron chi connectivity index (χ2n) is 4.72. The molecule has 0 heterocycles. The number of hydrogen-bond donors (Lipinski definition) is 3. The third-order valence-corrected chi connectivity index (χ3v) is 3.00. The fourth-order valence-electron chi connectivity index (χ4n) is 1.60. The van der Waals surface area contributed by atoms with E-state index in [1.807, 2.05) is 24.3 Å². The standard InChI is InChI=1S/C14H18N2O2/c15-12-3-1-11(2-4-12)6-10-16-13(17)5-7-14(18)8-9-14/h1-5,7,18H,6,8-10,15H2,(H,16,17)/b7-5+. The van der Waals surface area contributed by atoms with Crippen molar-refractivity contribution in [2.45, 2.75) is 24.9 Å². The minimum absolute atomic E-state index is 0.161. The SMILES string of the molecule is Nc1ccc(CCNC(=O)/C=C/C2(O)CC2)cc1. The summed E-state index contributed by atoms with van der Waals surface area (Å²) in [5.41, 5.74) is 6.75. The van der Waals surface area contributed by atoms with Crippen molar-refractivity contribution < 1.29 is 9.90 Å². The Kier molecular flexibility index (Phi) is 3.67. The van der Waals surface area contributed by atoms with Gasteiger partial charge in [-0.05, 0) is 43.0 Å². The van der Waals surface area contributed by atoms with Crippen molar-refractivity contribution in [1.29, 1.82) is 0 Å². The van der Waals surface area contributed by atoms with Gasteiger partial charge in [-0.1, -0.05) is 12.1 Å². The van der Waals surface area contributed by atoms with Crippen molar-refractivity contribution in [3.05, 3.63) is 42.0 Å². The molecule has 1 aliphatic rings. The predicted octanol–water partition coefficient (Wildman–Crippen LogP) is 1.01. The highest BCUT2D eigenvalue weighted by atomic mass is 16.3. The molecular formula is C14H18N2O2. The first-order chi connectivity index (χ1) is 8.57. The number of anilines is 1. The van der Waals surface area contributed by atoms with Crippen LogP contribution < -0.4 is 11.1 Å². The van der Waals surface area contributed by atoms with E-state index in [0.717, 1.165) is 30.5 Å². The topological polar surface area (TPSA) is 75.3 Å². The highest BCUT2D eigenvalue weighted by molar-refractivity contribution is 5.87. The van der Waals surface area contributed by atoms with Crippen molar-refractivity contribution in [1.82, 2.24) is 5.32 Å². The van der Waals surface area contributed by atoms with Gasteiger partial charge in [-0.25, -0.2) is 0 Å². The number of amides is 1. The van der Waals surface area contributed by atoms with Crippen molar-refractivity contribution >= 4 is 11.6 Å². The minimum Gasteiger partial charge on any atom is -0.399 e. The van der Waals surface area contributed by atoms with Crippen LogP contribution in [0.25, 0.3) is 0 Å². The summed E-state index contributed by atoms with van der Waals surface area (Å²) in [6, 6.07) is 7.59. The zero-order valence-corrected chi connectivity index (χ0v) is 10.2. The molecule has 1 aromatic rings. The summed E-state index contributed by atoms with van der Waals surface area (Å²) in [5.74, 6) is -0.161. The quantitative estimate of drug-likeness (QED) is 0.536. The number of aliphatic hydroxyl groups is 1. The monoisotopic (exact) mass is 246 g/mol. The van der Waals surface area contributed by atoms with Crippen LogP contribution in [-0.4, -0.2) is 23.2 Å². The Hall–Kier alpha value is -1.81. The first-order valence-corrected chi connectivity index (χ1v) is 6.11. The molecule has 1 amide bonds. The maximum atomic E-state index is 11.4. The summed E-state index contributed by atoms with van der Waals surface area (Å²) in [6.07, 6.45) is 5.26. The van der Waals surface area contributed by atoms with E-state index in [1.54, 1.807) is 6.08 Å². The normalized spacial score (nSPS) is 16.7. The van der Waals surface area contributed by atoms with Crippen LogP contribution in [0.4, 0.5) is 5.69 Å². The first kappa shape index (κ1) is 12.6. The number of nitrogens with one attached hydrogen (secondary N) is 1. The number of nitrogen functional groups attached to an aromatic ring is 1. The molecular weight excluding hydrogens is 228 g/mol. The summed E-state index contributed by atoms with van der Waals surface area (Å²) >= 11 is 0. The van der Waals surface area contributed by atoms with Gasteiger partial charge >= 0.3 is 0 Å². The van der Waals surface area contributed by atoms with Crippen molar-refractivity contribution in [3.8, 4) is 0 Å². The Morgan fingerprint density at radius 1 is 1.39 bits per heavy atom. The van der Waals surface area contributed by atoms with Gasteiger partial charge in [-0.15, -0.1) is 0 Å². The van der Waals surface area contributed by atoms with Crippen LogP contribution in [0.15, 0.2) is 36.4 Å². The molecule has 2 rings (SSSR count). The molecule has 0 unspecified atom stereocenters. The number of hydrogen-bond acceptors (Lipinski definition) is 3. The molecule has 0 atom stereocenters. The van der Waals surface area contributed by atoms with Crippen LogP contribution in [0, 0.1) is 0 Å². The Morgan fingerprint density at radius 2 is 2.06 bits per heavy atom. The fourth-order valence-corrected chi connectivity index (χ4v) is 1.60. The number of rotatable bonds is 5. The van der Waals surface area contributed by atoms with Gasteiger partial charge in [0.2, 0.25) is 5.91 Å². The zero-order valence-electron chi connectivity index (χ0n) is 10.2. The molecule has 4 N–H and O–H groups in total. The van der Waals surface area contributed by atoms with Crippen molar-refractivity contribution in [2.75, 3.05) is 12.3 Å². The second-order valence-corrected chi connectivity index (χ2v) is 4.72. The molecule has 1 fully saturated rings. The summed E-state index contributed by atoms with van der Waals surface area (Å²) < 4.78 is 0. The van der Waals surface area contributed by atoms with Crippen LogP contribution in [0.5, 0.6) is 0 Å². The lowest BCUT2D eigenvalue weighted by Crippen LogP contribution is -2.24. The highest BCUT2D eigenvalue weighted by Gasteiger charge is 2.37. The largest absolute Gasteiger partial charge is 0.399 e. The molecule has 1 saturated carbocycles. The van der Waals surface area contributed by atoms with E-state index in [0.29, 0.717) is 6.54 Å². The number of carbonyl (C=O) groups is 1. The lowest BCUT2D eigenvalue weighted by molar-refractivity contribution is -0.116. The van der Waals surface area contributed by atoms with Crippen LogP contribution in [0.2, 0.25) is 0 Å². The Bertz CT molecular complexity index is 447. The second kappa shape index (κ2) is 5.23. The van der Waals surface area contributed by atoms with E-state index in [9.17, 15) is 9.90 Å². The van der Waals surface area contributed by atoms with Crippen LogP contribution >= 0.6 is 0 Å². The summed E-state index contributed by atoms with van der Waals surface area (Å²) in [5, 5.41) is 12.3. The lowest BCUT2D eigenvalue weighted by atomic mass is 10.1. The summed E-state index contributed by atoms with van der Waals surface area (Å²) in [6.45, 7) is 0.575. The van der Waals surface area contributed by atoms with E-state index in [-0.39, 0.29) is 5.91 Å². The summed E-state index contributed by atoms with van der Waals surface area (Å²) in [4.78, 5) is 11.4. The van der Waals surface area contributed by atoms with Gasteiger partial charge in [0.05, 0.1) is 5.60 Å². The third-order valence-electron chi connectivity index (χ3n) is 3.00. The smallest absolute Gasteiger partial charge is 0.243 e. The Balaban J connectivity index is 1.70. The number of benzene rings is 1. The van der Waals surface area contributed by atoms with Gasteiger partial charge in [0.15, 0.2) is 0 Å². The maximum Gasteiger partial charge on any atom is 0.243 e. The molecule has 0 aromatic heterocycles. The van der Waals surface area contributed by atoms with E-state index in [4.69, 9.17) is 5.73 Å². The highest BCUT2D eigenvalue weighted by Crippen LogP contribution is 2.36. The molecule has 0 spiro atoms. The average Bonchev–Trinajstić information content (AvgIpc) is 3.08. The molecule has 4 heteroatoms. The minimum atomic E-state index is -0.714. The molecule has 4 nitrogen and oxygen atoms in total. The van der Waals surface area contributed by atoms with E-state index >= 15 is 0 Å². The average molecular weight is 246 g/mol. The van der Waals surface area contributed by atoms with Gasteiger partial charge in [0.1, 0.15) is 0 Å². The van der Waals surface area contributed by atoms with Gasteiger partial charge < -0.3 is 16.2 Å². The molecule has 96 valence electrons. The molecule has 1 aromatic carbocycles. The maximum absolute atomic E-state index is 11.4. The number of nitrogens with two attached hydrogens (primary N) is 1. The Morgan fingerprint density at radius 3 is 2.67 bits per heavy atom.